The minimum Gasteiger partial charge on any atom is -0.462 e. The van der Waals surface area contributed by atoms with Crippen molar-refractivity contribution in [2.45, 2.75) is 116 Å². The fraction of sp³-hybridized carbons (Fsp3) is 0.800. The van der Waals surface area contributed by atoms with Gasteiger partial charge in [-0.2, -0.15) is 0 Å². The molecule has 0 unspecified atom stereocenters. The normalized spacial score (nSPS) is 31.6. The van der Waals surface area contributed by atoms with Crippen LogP contribution in [0.3, 0.4) is 0 Å². The molecule has 0 aromatic rings. The van der Waals surface area contributed by atoms with Gasteiger partial charge in [0.25, 0.3) is 0 Å². The van der Waals surface area contributed by atoms with Crippen molar-refractivity contribution in [3.8, 4) is 0 Å². The zero-order valence-corrected chi connectivity index (χ0v) is 27.6. The fourth-order valence-corrected chi connectivity index (χ4v) is 7.54. The van der Waals surface area contributed by atoms with Gasteiger partial charge >= 0.3 is 19.5 Å². The van der Waals surface area contributed by atoms with Gasteiger partial charge in [-0.15, -0.1) is 0 Å². The summed E-state index contributed by atoms with van der Waals surface area (Å²) in [5.74, 6) is -0.320. The molecule has 1 heterocycles. The lowest BCUT2D eigenvalue weighted by atomic mass is 9.66. The number of carbonyl (C=O) groups excluding carboxylic acids is 2. The van der Waals surface area contributed by atoms with Crippen LogP contribution in [-0.4, -0.2) is 59.5 Å². The van der Waals surface area contributed by atoms with Gasteiger partial charge in [0.05, 0.1) is 12.0 Å². The van der Waals surface area contributed by atoms with Crippen molar-refractivity contribution in [2.24, 2.45) is 29.6 Å². The second-order valence-electron chi connectivity index (χ2n) is 13.7. The predicted octanol–water partition coefficient (Wildman–Crippen LogP) is 5.70. The summed E-state index contributed by atoms with van der Waals surface area (Å²) in [5.41, 5.74) is 0.951. The molecule has 0 radical (unpaired) electrons. The molecule has 0 saturated carbocycles. The summed E-state index contributed by atoms with van der Waals surface area (Å²) in [5, 5.41) is -0.213. The number of hydrogen-bond acceptors (Lipinski definition) is 7. The van der Waals surface area contributed by atoms with Gasteiger partial charge in [0.15, 0.2) is 8.32 Å². The SMILES string of the molecule is CC[C@H](C)C(=O)O[C@H]1C[C@H](OCP(=O)(O)O)C=C2C=C[C@H](C)[C@H](CC[C@@H]3C[C@@H](CC(C)(C)[Si](C)(C)O)CC(=O)O3)[C@H]21. The van der Waals surface area contributed by atoms with Crippen LogP contribution >= 0.6 is 7.60 Å². The highest BCUT2D eigenvalue weighted by atomic mass is 31.2. The standard InChI is InChI=1S/C30H51O9PSi/c1-8-19(2)29(32)39-26-16-24(37-18-40(33,34)35)15-22-10-9-20(3)25(28(22)26)12-11-23-13-21(14-27(31)38-23)17-30(4,5)41(6,7)36/h9-10,15,19-21,23-26,28,36H,8,11-14,16-18H2,1-7H3,(H2,33,34,35)/t19-,20-,21+,23+,24+,25-,26-,28-/m0/s1. The first kappa shape index (κ1) is 34.2. The highest BCUT2D eigenvalue weighted by Crippen LogP contribution is 2.47. The third-order valence-corrected chi connectivity index (χ3v) is 13.7. The molecular formula is C30H51O9PSi. The molecule has 1 aliphatic heterocycles. The van der Waals surface area contributed by atoms with Crippen LogP contribution in [0.4, 0.5) is 0 Å². The van der Waals surface area contributed by atoms with E-state index < -0.39 is 34.5 Å². The number of allylic oxidation sites excluding steroid dienone is 2. The topological polar surface area (TPSA) is 140 Å². The van der Waals surface area contributed by atoms with Gasteiger partial charge in [-0.3, -0.25) is 14.2 Å². The number of carbonyl (C=O) groups is 2. The quantitative estimate of drug-likeness (QED) is 0.143. The van der Waals surface area contributed by atoms with Gasteiger partial charge in [0.1, 0.15) is 18.6 Å². The smallest absolute Gasteiger partial charge is 0.351 e. The average Bonchev–Trinajstić information content (AvgIpc) is 2.84. The minimum absolute atomic E-state index is 0.0897. The number of esters is 2. The Morgan fingerprint density at radius 3 is 2.54 bits per heavy atom. The maximum atomic E-state index is 12.9. The molecule has 0 spiro atoms. The molecule has 3 aliphatic rings. The third-order valence-electron chi connectivity index (χ3n) is 9.72. The summed E-state index contributed by atoms with van der Waals surface area (Å²) >= 11 is 0. The Hall–Kier alpha value is -1.29. The van der Waals surface area contributed by atoms with Gasteiger partial charge in [-0.25, -0.2) is 0 Å². The largest absolute Gasteiger partial charge is 0.462 e. The lowest BCUT2D eigenvalue weighted by Crippen LogP contribution is -2.44. The van der Waals surface area contributed by atoms with E-state index in [9.17, 15) is 28.7 Å². The lowest BCUT2D eigenvalue weighted by Gasteiger charge is -2.44. The van der Waals surface area contributed by atoms with Crippen molar-refractivity contribution in [2.75, 3.05) is 6.35 Å². The average molecular weight is 615 g/mol. The molecule has 0 aromatic carbocycles. The molecule has 3 N–H and O–H groups in total. The molecule has 41 heavy (non-hydrogen) atoms. The van der Waals surface area contributed by atoms with Gasteiger partial charge in [0, 0.05) is 18.8 Å². The highest BCUT2D eigenvalue weighted by Gasteiger charge is 2.45. The number of rotatable bonds is 12. The van der Waals surface area contributed by atoms with E-state index in [1.54, 1.807) is 0 Å². The van der Waals surface area contributed by atoms with Gasteiger partial charge in [0.2, 0.25) is 0 Å². The molecule has 9 nitrogen and oxygen atoms in total. The Balaban J connectivity index is 1.77. The van der Waals surface area contributed by atoms with Crippen LogP contribution in [0.25, 0.3) is 0 Å². The van der Waals surface area contributed by atoms with Crippen LogP contribution in [0.15, 0.2) is 23.8 Å². The molecule has 11 heteroatoms. The number of ether oxygens (including phenoxy) is 3. The summed E-state index contributed by atoms with van der Waals surface area (Å²) in [6, 6.07) is 0. The van der Waals surface area contributed by atoms with Crippen molar-refractivity contribution >= 4 is 27.9 Å². The maximum Gasteiger partial charge on any atom is 0.351 e. The van der Waals surface area contributed by atoms with Crippen molar-refractivity contribution < 1.29 is 42.9 Å². The summed E-state index contributed by atoms with van der Waals surface area (Å²) in [4.78, 5) is 54.9. The molecule has 0 bridgehead atoms. The molecular weight excluding hydrogens is 563 g/mol. The Labute approximate surface area is 246 Å². The Morgan fingerprint density at radius 1 is 1.24 bits per heavy atom. The molecule has 1 saturated heterocycles. The van der Waals surface area contributed by atoms with E-state index in [2.05, 4.69) is 26.8 Å². The van der Waals surface area contributed by atoms with Gasteiger partial charge < -0.3 is 28.8 Å². The summed E-state index contributed by atoms with van der Waals surface area (Å²) in [7, 11) is -6.75. The van der Waals surface area contributed by atoms with Crippen LogP contribution in [-0.2, 0) is 28.4 Å². The van der Waals surface area contributed by atoms with E-state index in [-0.39, 0.29) is 52.7 Å². The minimum atomic E-state index is -4.35. The van der Waals surface area contributed by atoms with Crippen molar-refractivity contribution in [1.29, 1.82) is 0 Å². The fourth-order valence-electron chi connectivity index (χ4n) is 6.37. The Kier molecular flexibility index (Phi) is 11.3. The molecule has 0 aromatic heterocycles. The number of hydrogen-bond donors (Lipinski definition) is 3. The zero-order chi connectivity index (χ0) is 30.8. The highest BCUT2D eigenvalue weighted by molar-refractivity contribution is 7.51. The van der Waals surface area contributed by atoms with Gasteiger partial charge in [-0.05, 0) is 73.6 Å². The second-order valence-corrected chi connectivity index (χ2v) is 19.8. The van der Waals surface area contributed by atoms with Crippen LogP contribution in [0.2, 0.25) is 18.1 Å². The van der Waals surface area contributed by atoms with Crippen LogP contribution in [0.5, 0.6) is 0 Å². The van der Waals surface area contributed by atoms with E-state index in [0.29, 0.717) is 25.7 Å². The molecule has 1 fully saturated rings. The number of fused-ring (bicyclic) bond motifs is 1. The third kappa shape index (κ3) is 9.34. The van der Waals surface area contributed by atoms with E-state index >= 15 is 0 Å². The maximum absolute atomic E-state index is 12.9. The van der Waals surface area contributed by atoms with E-state index in [0.717, 1.165) is 24.8 Å². The van der Waals surface area contributed by atoms with Crippen LogP contribution < -0.4 is 0 Å². The van der Waals surface area contributed by atoms with Crippen molar-refractivity contribution in [3.63, 3.8) is 0 Å². The molecule has 2 aliphatic carbocycles. The lowest BCUT2D eigenvalue weighted by molar-refractivity contribution is -0.161. The summed E-state index contributed by atoms with van der Waals surface area (Å²) in [6.07, 6.45) is 8.46. The van der Waals surface area contributed by atoms with E-state index in [4.69, 9.17) is 14.2 Å². The van der Waals surface area contributed by atoms with E-state index in [1.165, 1.54) is 0 Å². The second kappa shape index (κ2) is 13.6. The predicted molar refractivity (Wildman–Crippen MR) is 159 cm³/mol. The molecule has 234 valence electrons. The first-order valence-electron chi connectivity index (χ1n) is 15.1. The number of cyclic esters (lactones) is 1. The monoisotopic (exact) mass is 614 g/mol. The molecule has 8 atom stereocenters. The van der Waals surface area contributed by atoms with Crippen molar-refractivity contribution in [1.82, 2.24) is 0 Å². The van der Waals surface area contributed by atoms with E-state index in [1.807, 2.05) is 39.1 Å². The van der Waals surface area contributed by atoms with Crippen LogP contribution in [0, 0.1) is 29.6 Å². The molecule has 3 rings (SSSR count). The Bertz CT molecular complexity index is 1040. The molecule has 0 amide bonds. The summed E-state index contributed by atoms with van der Waals surface area (Å²) < 4.78 is 28.9. The van der Waals surface area contributed by atoms with Crippen LogP contribution in [0.1, 0.15) is 79.6 Å². The summed E-state index contributed by atoms with van der Waals surface area (Å²) in [6.45, 7) is 14.0. The van der Waals surface area contributed by atoms with Crippen molar-refractivity contribution in [3.05, 3.63) is 23.8 Å². The van der Waals surface area contributed by atoms with Gasteiger partial charge in [-0.1, -0.05) is 52.8 Å². The first-order valence-corrected chi connectivity index (χ1v) is 19.8. The first-order chi connectivity index (χ1) is 18.9. The Morgan fingerprint density at radius 2 is 1.93 bits per heavy atom. The zero-order valence-electron chi connectivity index (χ0n) is 25.7.